The average molecular weight is 477 g/mol. The highest BCUT2D eigenvalue weighted by Gasteiger charge is 2.22. The Morgan fingerprint density at radius 1 is 1.12 bits per heavy atom. The first-order valence-corrected chi connectivity index (χ1v) is 11.2. The minimum absolute atomic E-state index is 0. The van der Waals surface area contributed by atoms with Gasteiger partial charge in [0.2, 0.25) is 5.91 Å². The fraction of sp³-hybridized carbons (Fsp3) is 0.417. The van der Waals surface area contributed by atoms with E-state index in [9.17, 15) is 9.59 Å². The number of anilines is 3. The Labute approximate surface area is 200 Å². The molecule has 1 fully saturated rings. The number of piperidine rings is 1. The summed E-state index contributed by atoms with van der Waals surface area (Å²) in [4.78, 5) is 29.1. The van der Waals surface area contributed by atoms with E-state index in [0.29, 0.717) is 28.7 Å². The largest absolute Gasteiger partial charge is 0.383 e. The van der Waals surface area contributed by atoms with Gasteiger partial charge < -0.3 is 20.4 Å². The van der Waals surface area contributed by atoms with Gasteiger partial charge in [-0.3, -0.25) is 9.59 Å². The first kappa shape index (κ1) is 24.4. The number of amides is 2. The van der Waals surface area contributed by atoms with Gasteiger partial charge >= 0.3 is 0 Å². The molecule has 2 aromatic carbocycles. The van der Waals surface area contributed by atoms with Crippen LogP contribution in [0, 0.1) is 0 Å². The van der Waals surface area contributed by atoms with Gasteiger partial charge in [0.1, 0.15) is 0 Å². The van der Waals surface area contributed by atoms with E-state index in [4.69, 9.17) is 11.6 Å². The highest BCUT2D eigenvalue weighted by atomic mass is 35.5. The Morgan fingerprint density at radius 2 is 1.94 bits per heavy atom. The van der Waals surface area contributed by atoms with Gasteiger partial charge in [0.05, 0.1) is 5.56 Å². The molecular weight excluding hydrogens is 447 g/mol. The molecule has 0 radical (unpaired) electrons. The maximum atomic E-state index is 13.1. The lowest BCUT2D eigenvalue weighted by Crippen LogP contribution is -2.40. The number of hydrogen-bond acceptors (Lipinski definition) is 4. The molecule has 1 atom stereocenters. The summed E-state index contributed by atoms with van der Waals surface area (Å²) in [5.41, 5.74) is 3.91. The highest BCUT2D eigenvalue weighted by Crippen LogP contribution is 2.30. The van der Waals surface area contributed by atoms with E-state index in [2.05, 4.69) is 22.6 Å². The van der Waals surface area contributed by atoms with Crippen molar-refractivity contribution in [1.29, 1.82) is 0 Å². The molecule has 0 bridgehead atoms. The predicted octanol–water partition coefficient (Wildman–Crippen LogP) is 4.82. The van der Waals surface area contributed by atoms with Crippen LogP contribution in [0.15, 0.2) is 36.4 Å². The molecular formula is C24H30Cl2N4O2. The third-order valence-electron chi connectivity index (χ3n) is 6.36. The molecule has 2 aromatic rings. The number of aryl methyl sites for hydroxylation is 1. The van der Waals surface area contributed by atoms with Gasteiger partial charge in [-0.2, -0.15) is 0 Å². The quantitative estimate of drug-likeness (QED) is 0.648. The Balaban J connectivity index is 0.00000289. The molecule has 2 aliphatic heterocycles. The Bertz CT molecular complexity index is 998. The Morgan fingerprint density at radius 3 is 2.72 bits per heavy atom. The number of carbonyl (C=O) groups excluding carboxylic acids is 2. The van der Waals surface area contributed by atoms with Crippen molar-refractivity contribution in [2.75, 3.05) is 42.7 Å². The second-order valence-electron chi connectivity index (χ2n) is 8.45. The lowest BCUT2D eigenvalue weighted by molar-refractivity contribution is -0.118. The first-order valence-electron chi connectivity index (χ1n) is 10.9. The molecule has 2 N–H and O–H groups in total. The summed E-state index contributed by atoms with van der Waals surface area (Å²) in [5.74, 6) is -0.117. The molecule has 2 amide bonds. The van der Waals surface area contributed by atoms with E-state index in [1.807, 2.05) is 18.2 Å². The van der Waals surface area contributed by atoms with Crippen molar-refractivity contribution in [1.82, 2.24) is 4.90 Å². The summed E-state index contributed by atoms with van der Waals surface area (Å²) in [6.07, 6.45) is 4.86. The third kappa shape index (κ3) is 5.37. The van der Waals surface area contributed by atoms with Crippen LogP contribution in [0.1, 0.15) is 41.6 Å². The Hall–Kier alpha value is -2.28. The van der Waals surface area contributed by atoms with Crippen LogP contribution in [-0.4, -0.2) is 49.9 Å². The van der Waals surface area contributed by atoms with Gasteiger partial charge in [-0.25, -0.2) is 0 Å². The van der Waals surface area contributed by atoms with Crippen LogP contribution in [0.5, 0.6) is 0 Å². The van der Waals surface area contributed by atoms with Crippen LogP contribution in [0.25, 0.3) is 0 Å². The lowest BCUT2D eigenvalue weighted by atomic mass is 10.0. The van der Waals surface area contributed by atoms with Gasteiger partial charge in [0.25, 0.3) is 5.91 Å². The predicted molar refractivity (Wildman–Crippen MR) is 134 cm³/mol. The molecule has 8 heteroatoms. The number of halogens is 2. The number of nitrogens with one attached hydrogen (secondary N) is 2. The number of fused-ring (bicyclic) bond motifs is 1. The number of hydrogen-bond donors (Lipinski definition) is 2. The molecule has 172 valence electrons. The molecule has 0 saturated carbocycles. The van der Waals surface area contributed by atoms with Crippen LogP contribution in [0.4, 0.5) is 17.1 Å². The molecule has 2 heterocycles. The van der Waals surface area contributed by atoms with E-state index in [-0.39, 0.29) is 24.2 Å². The SMILES string of the molecule is CN1C(=O)CCc2ccc(NC(=O)c3ccc(Cl)cc3NCC3CCCCN3C)cc21.Cl. The molecule has 0 spiro atoms. The zero-order valence-corrected chi connectivity index (χ0v) is 20.1. The highest BCUT2D eigenvalue weighted by molar-refractivity contribution is 6.31. The van der Waals surface area contributed by atoms with Crippen molar-refractivity contribution in [2.45, 2.75) is 38.1 Å². The van der Waals surface area contributed by atoms with E-state index in [1.54, 1.807) is 30.1 Å². The number of nitrogens with zero attached hydrogens (tertiary/aromatic N) is 2. The standard InChI is InChI=1S/C24H29ClN4O2.ClH/c1-28-12-4-3-5-19(28)15-26-21-13-17(25)8-10-20(21)24(31)27-18-9-6-16-7-11-23(30)29(2)22(16)14-18;/h6,8-10,13-14,19,26H,3-5,7,11-12,15H2,1-2H3,(H,27,31);1H. The van der Waals surface area contributed by atoms with Crippen molar-refractivity contribution >= 4 is 52.9 Å². The summed E-state index contributed by atoms with van der Waals surface area (Å²) in [5, 5.41) is 7.01. The van der Waals surface area contributed by atoms with Gasteiger partial charge in [-0.1, -0.05) is 24.1 Å². The van der Waals surface area contributed by atoms with Crippen LogP contribution >= 0.6 is 24.0 Å². The molecule has 1 unspecified atom stereocenters. The maximum absolute atomic E-state index is 13.1. The first-order chi connectivity index (χ1) is 14.9. The summed E-state index contributed by atoms with van der Waals surface area (Å²) in [6, 6.07) is 11.5. The van der Waals surface area contributed by atoms with Crippen molar-refractivity contribution < 1.29 is 9.59 Å². The number of likely N-dealkylation sites (tertiary alicyclic amines) is 1. The fourth-order valence-electron chi connectivity index (χ4n) is 4.40. The molecule has 6 nitrogen and oxygen atoms in total. The third-order valence-corrected chi connectivity index (χ3v) is 6.60. The van der Waals surface area contributed by atoms with E-state index < -0.39 is 0 Å². The molecule has 0 aliphatic carbocycles. The van der Waals surface area contributed by atoms with E-state index in [0.717, 1.165) is 42.9 Å². The smallest absolute Gasteiger partial charge is 0.257 e. The summed E-state index contributed by atoms with van der Waals surface area (Å²) in [6.45, 7) is 1.87. The zero-order valence-electron chi connectivity index (χ0n) is 18.5. The summed E-state index contributed by atoms with van der Waals surface area (Å²) in [7, 11) is 3.92. The average Bonchev–Trinajstić information content (AvgIpc) is 2.76. The monoisotopic (exact) mass is 476 g/mol. The molecule has 32 heavy (non-hydrogen) atoms. The van der Waals surface area contributed by atoms with E-state index >= 15 is 0 Å². The summed E-state index contributed by atoms with van der Waals surface area (Å²) >= 11 is 6.22. The topological polar surface area (TPSA) is 64.7 Å². The van der Waals surface area contributed by atoms with Crippen molar-refractivity contribution in [3.05, 3.63) is 52.5 Å². The van der Waals surface area contributed by atoms with Gasteiger partial charge in [0, 0.05) is 48.1 Å². The molecule has 0 aromatic heterocycles. The lowest BCUT2D eigenvalue weighted by Gasteiger charge is -2.33. The van der Waals surface area contributed by atoms with Crippen LogP contribution in [0.2, 0.25) is 5.02 Å². The van der Waals surface area contributed by atoms with E-state index in [1.165, 1.54) is 12.8 Å². The minimum atomic E-state index is -0.207. The van der Waals surface area contributed by atoms with Gasteiger partial charge in [-0.15, -0.1) is 12.4 Å². The fourth-order valence-corrected chi connectivity index (χ4v) is 4.57. The number of benzene rings is 2. The van der Waals surface area contributed by atoms with Crippen molar-refractivity contribution in [3.8, 4) is 0 Å². The molecule has 2 aliphatic rings. The number of carbonyl (C=O) groups is 2. The maximum Gasteiger partial charge on any atom is 0.257 e. The second-order valence-corrected chi connectivity index (χ2v) is 8.89. The number of rotatable bonds is 5. The van der Waals surface area contributed by atoms with Crippen LogP contribution < -0.4 is 15.5 Å². The van der Waals surface area contributed by atoms with Crippen LogP contribution in [0.3, 0.4) is 0 Å². The molecule has 4 rings (SSSR count). The van der Waals surface area contributed by atoms with Gasteiger partial charge in [0.15, 0.2) is 0 Å². The van der Waals surface area contributed by atoms with Crippen molar-refractivity contribution in [2.24, 2.45) is 0 Å². The van der Waals surface area contributed by atoms with Crippen LogP contribution in [-0.2, 0) is 11.2 Å². The molecule has 1 saturated heterocycles. The minimum Gasteiger partial charge on any atom is -0.383 e. The zero-order chi connectivity index (χ0) is 22.0. The van der Waals surface area contributed by atoms with Gasteiger partial charge in [-0.05, 0) is 68.8 Å². The normalized spacial score (nSPS) is 18.5. The van der Waals surface area contributed by atoms with Crippen molar-refractivity contribution in [3.63, 3.8) is 0 Å². The second kappa shape index (κ2) is 10.6. The Kier molecular flexibility index (Phi) is 8.04. The number of likely N-dealkylation sites (N-methyl/N-ethyl adjacent to an activating group) is 1. The summed E-state index contributed by atoms with van der Waals surface area (Å²) < 4.78 is 0.